The zero-order valence-electron chi connectivity index (χ0n) is 13.7. The minimum atomic E-state index is -6.09. The molecule has 0 saturated heterocycles. The minimum Gasteiger partial charge on any atom is -0.741 e. The van der Waals surface area contributed by atoms with E-state index in [0.717, 1.165) is 23.8 Å². The van der Waals surface area contributed by atoms with Gasteiger partial charge in [-0.2, -0.15) is 13.2 Å². The van der Waals surface area contributed by atoms with Gasteiger partial charge in [0.05, 0.1) is 10.5 Å². The maximum absolute atomic E-state index is 13.2. The van der Waals surface area contributed by atoms with Crippen molar-refractivity contribution >= 4 is 30.7 Å². The van der Waals surface area contributed by atoms with Crippen molar-refractivity contribution in [2.24, 2.45) is 0 Å². The first-order valence-electron chi connectivity index (χ1n) is 7.33. The number of alkyl halides is 6. The van der Waals surface area contributed by atoms with Gasteiger partial charge in [0.25, 0.3) is 0 Å². The molecule has 1 atom stereocenters. The van der Waals surface area contributed by atoms with Crippen molar-refractivity contribution in [3.8, 4) is 0 Å². The molecule has 0 aliphatic rings. The SMILES string of the molecule is CCCCc1cc2cc(C)ccc2[s+]1C(F)(F)F.O=S(=O)([O-])C(F)(F)F. The molecule has 0 fully saturated rings. The lowest BCUT2D eigenvalue weighted by Gasteiger charge is -2.08. The average molecular weight is 422 g/mol. The Morgan fingerprint density at radius 1 is 1.08 bits per heavy atom. The number of rotatable bonds is 3. The monoisotopic (exact) mass is 422 g/mol. The Bertz CT molecular complexity index is 851. The van der Waals surface area contributed by atoms with Gasteiger partial charge in [-0.15, -0.1) is 13.2 Å². The second kappa shape index (κ2) is 8.13. The van der Waals surface area contributed by atoms with E-state index in [-0.39, 0.29) is 0 Å². The highest BCUT2D eigenvalue weighted by molar-refractivity contribution is 7.86. The molecule has 0 amide bonds. The average Bonchev–Trinajstić information content (AvgIpc) is 2.80. The summed E-state index contributed by atoms with van der Waals surface area (Å²) in [4.78, 5) is 0.546. The van der Waals surface area contributed by atoms with E-state index >= 15 is 0 Å². The zero-order valence-corrected chi connectivity index (χ0v) is 15.4. The van der Waals surface area contributed by atoms with Crippen LogP contribution in [-0.4, -0.2) is 18.5 Å². The molecule has 0 aliphatic heterocycles. The van der Waals surface area contributed by atoms with Crippen molar-refractivity contribution in [2.45, 2.75) is 44.1 Å². The molecule has 0 spiro atoms. The minimum absolute atomic E-state index is 0.444. The quantitative estimate of drug-likeness (QED) is 0.273. The van der Waals surface area contributed by atoms with Crippen molar-refractivity contribution < 1.29 is 39.3 Å². The highest BCUT2D eigenvalue weighted by Gasteiger charge is 2.47. The molecular formula is C15H16F6O3S2. The van der Waals surface area contributed by atoms with Crippen molar-refractivity contribution in [1.82, 2.24) is 0 Å². The van der Waals surface area contributed by atoms with Gasteiger partial charge in [0.1, 0.15) is 0 Å². The Morgan fingerprint density at radius 3 is 2.04 bits per heavy atom. The van der Waals surface area contributed by atoms with Gasteiger partial charge in [0, 0.05) is 17.9 Å². The zero-order chi connectivity index (χ0) is 20.3. The molecule has 0 radical (unpaired) electrons. The van der Waals surface area contributed by atoms with E-state index in [1.54, 1.807) is 18.2 Å². The molecule has 1 aromatic carbocycles. The van der Waals surface area contributed by atoms with E-state index in [9.17, 15) is 26.3 Å². The van der Waals surface area contributed by atoms with E-state index in [1.807, 2.05) is 19.9 Å². The number of unbranched alkanes of at least 4 members (excludes halogenated alkanes) is 1. The number of benzene rings is 1. The molecule has 11 heteroatoms. The van der Waals surface area contributed by atoms with Crippen LogP contribution in [0.3, 0.4) is 0 Å². The molecule has 0 aliphatic carbocycles. The number of hydrogen-bond acceptors (Lipinski definition) is 3. The van der Waals surface area contributed by atoms with Crippen LogP contribution in [0.5, 0.6) is 0 Å². The lowest BCUT2D eigenvalue weighted by molar-refractivity contribution is -0.0867. The Labute approximate surface area is 149 Å². The Balaban J connectivity index is 0.000000359. The van der Waals surface area contributed by atoms with E-state index < -0.39 is 31.6 Å². The van der Waals surface area contributed by atoms with Crippen LogP contribution in [0.4, 0.5) is 26.3 Å². The van der Waals surface area contributed by atoms with Crippen LogP contribution in [0.25, 0.3) is 10.1 Å². The standard InChI is InChI=1S/C14H16F3S.CHF3O3S/c1-3-4-5-12-9-11-8-10(2)6-7-13(11)18(12)14(15,16)17;2-1(3,4)8(5,6)7/h6-9H,3-5H2,1-2H3;(H,5,6,7)/q+1;/p-1. The first-order chi connectivity index (χ1) is 11.7. The normalized spacial score (nSPS) is 13.5. The van der Waals surface area contributed by atoms with Crippen LogP contribution in [-0.2, 0) is 22.0 Å². The first-order valence-corrected chi connectivity index (χ1v) is 9.96. The molecule has 0 saturated carbocycles. The maximum atomic E-state index is 13.2. The number of fused-ring (bicyclic) bond motifs is 1. The van der Waals surface area contributed by atoms with Gasteiger partial charge in [0.15, 0.2) is 19.7 Å². The van der Waals surface area contributed by atoms with Crippen LogP contribution in [0, 0.1) is 6.92 Å². The summed E-state index contributed by atoms with van der Waals surface area (Å²) >= 11 is 0. The third kappa shape index (κ3) is 5.85. The van der Waals surface area contributed by atoms with Gasteiger partial charge in [-0.25, -0.2) is 8.42 Å². The second-order valence-electron chi connectivity index (χ2n) is 5.41. The molecule has 2 aromatic rings. The van der Waals surface area contributed by atoms with Crippen LogP contribution >= 0.6 is 10.5 Å². The van der Waals surface area contributed by atoms with Crippen molar-refractivity contribution in [3.05, 3.63) is 34.7 Å². The van der Waals surface area contributed by atoms with Gasteiger partial charge >= 0.3 is 11.0 Å². The summed E-state index contributed by atoms with van der Waals surface area (Å²) in [6, 6.07) is 6.99. The molecule has 0 N–H and O–H groups in total. The van der Waals surface area contributed by atoms with Crippen LogP contribution < -0.4 is 0 Å². The molecule has 0 bridgehead atoms. The van der Waals surface area contributed by atoms with E-state index in [4.69, 9.17) is 13.0 Å². The predicted octanol–water partition coefficient (Wildman–Crippen LogP) is 5.77. The summed E-state index contributed by atoms with van der Waals surface area (Å²) in [6.45, 7) is 3.91. The molecular weight excluding hydrogens is 406 g/mol. The van der Waals surface area contributed by atoms with Gasteiger partial charge in [-0.05, 0) is 25.5 Å². The van der Waals surface area contributed by atoms with Gasteiger partial charge in [0.2, 0.25) is 0 Å². The lowest BCUT2D eigenvalue weighted by Crippen LogP contribution is -2.21. The molecule has 1 aromatic heterocycles. The Kier molecular flexibility index (Phi) is 7.11. The van der Waals surface area contributed by atoms with Crippen molar-refractivity contribution in [1.29, 1.82) is 0 Å². The highest BCUT2D eigenvalue weighted by atomic mass is 32.2. The summed E-state index contributed by atoms with van der Waals surface area (Å²) in [5, 5.41) is 0.752. The molecule has 148 valence electrons. The lowest BCUT2D eigenvalue weighted by atomic mass is 10.1. The van der Waals surface area contributed by atoms with Gasteiger partial charge < -0.3 is 4.55 Å². The van der Waals surface area contributed by atoms with Crippen LogP contribution in [0.2, 0.25) is 0 Å². The fourth-order valence-corrected chi connectivity index (χ4v) is 4.12. The summed E-state index contributed by atoms with van der Waals surface area (Å²) < 4.78 is 98.9. The Hall–Kier alpha value is -1.33. The third-order valence-corrected chi connectivity index (χ3v) is 5.94. The van der Waals surface area contributed by atoms with Gasteiger partial charge in [-0.1, -0.05) is 25.0 Å². The van der Waals surface area contributed by atoms with E-state index in [0.29, 0.717) is 16.0 Å². The summed E-state index contributed by atoms with van der Waals surface area (Å²) in [7, 11) is -7.80. The molecule has 2 rings (SSSR count). The smallest absolute Gasteiger partial charge is 0.600 e. The van der Waals surface area contributed by atoms with Crippen molar-refractivity contribution in [3.63, 3.8) is 0 Å². The summed E-state index contributed by atoms with van der Waals surface area (Å²) in [5.41, 5.74) is -8.79. The number of halogens is 6. The molecule has 3 nitrogen and oxygen atoms in total. The van der Waals surface area contributed by atoms with E-state index in [2.05, 4.69) is 0 Å². The number of thiophene rings is 1. The highest BCUT2D eigenvalue weighted by Crippen LogP contribution is 2.51. The Morgan fingerprint density at radius 2 is 1.62 bits per heavy atom. The first kappa shape index (κ1) is 22.7. The summed E-state index contributed by atoms with van der Waals surface area (Å²) in [5.74, 6) is 0. The fourth-order valence-electron chi connectivity index (χ4n) is 2.14. The van der Waals surface area contributed by atoms with Crippen LogP contribution in [0.15, 0.2) is 24.3 Å². The molecule has 1 unspecified atom stereocenters. The third-order valence-electron chi connectivity index (χ3n) is 3.26. The largest absolute Gasteiger partial charge is 0.741 e. The summed E-state index contributed by atoms with van der Waals surface area (Å²) in [6.07, 6.45) is 2.28. The molecule has 1 heterocycles. The second-order valence-corrected chi connectivity index (χ2v) is 8.82. The number of aryl methyl sites for hydroxylation is 2. The van der Waals surface area contributed by atoms with Gasteiger partial charge in [-0.3, -0.25) is 0 Å². The molecule has 26 heavy (non-hydrogen) atoms. The maximum Gasteiger partial charge on any atom is 0.600 e. The van der Waals surface area contributed by atoms with E-state index in [1.165, 1.54) is 0 Å². The van der Waals surface area contributed by atoms with Crippen LogP contribution in [0.1, 0.15) is 30.2 Å². The predicted molar refractivity (Wildman–Crippen MR) is 86.8 cm³/mol. The van der Waals surface area contributed by atoms with Crippen molar-refractivity contribution in [2.75, 3.05) is 0 Å². The topological polar surface area (TPSA) is 57.2 Å². The number of hydrogen-bond donors (Lipinski definition) is 0. The fraction of sp³-hybridized carbons (Fsp3) is 0.467.